The van der Waals surface area contributed by atoms with Crippen molar-refractivity contribution in [1.29, 1.82) is 0 Å². The number of aryl methyl sites for hydroxylation is 1. The number of likely N-dealkylation sites (N-methyl/N-ethyl adjacent to an activating group) is 1. The van der Waals surface area contributed by atoms with Crippen molar-refractivity contribution in [2.75, 3.05) is 7.05 Å². The van der Waals surface area contributed by atoms with Gasteiger partial charge in [0.1, 0.15) is 0 Å². The monoisotopic (exact) mass is 209 g/mol. The molecule has 0 spiro atoms. The zero-order chi connectivity index (χ0) is 10.6. The van der Waals surface area contributed by atoms with Gasteiger partial charge in [0.2, 0.25) is 5.91 Å². The summed E-state index contributed by atoms with van der Waals surface area (Å²) in [5.74, 6) is -0.123. The molecule has 0 atom stereocenters. The molecule has 0 aliphatic heterocycles. The zero-order valence-electron chi connectivity index (χ0n) is 8.17. The van der Waals surface area contributed by atoms with Crippen LogP contribution in [-0.4, -0.2) is 13.0 Å². The normalized spacial score (nSPS) is 10.5. The number of carbonyl (C=O) groups excluding carboxylic acids is 1. The van der Waals surface area contributed by atoms with Gasteiger partial charge in [-0.05, 0) is 30.2 Å². The van der Waals surface area contributed by atoms with E-state index in [1.807, 2.05) is 25.1 Å². The minimum absolute atomic E-state index is 0.123. The van der Waals surface area contributed by atoms with Gasteiger partial charge in [-0.25, -0.2) is 0 Å². The fourth-order valence-corrected chi connectivity index (χ4v) is 1.16. The molecule has 1 aromatic rings. The van der Waals surface area contributed by atoms with E-state index in [9.17, 15) is 4.79 Å². The molecule has 1 N–H and O–H groups in total. The third-order valence-corrected chi connectivity index (χ3v) is 2.28. The summed E-state index contributed by atoms with van der Waals surface area (Å²) in [6, 6.07) is 5.67. The van der Waals surface area contributed by atoms with E-state index in [0.29, 0.717) is 5.02 Å². The molecular formula is C11H12ClNO. The number of carbonyl (C=O) groups is 1. The van der Waals surface area contributed by atoms with Crippen molar-refractivity contribution in [2.45, 2.75) is 6.92 Å². The maximum Gasteiger partial charge on any atom is 0.243 e. The third-order valence-electron chi connectivity index (χ3n) is 1.87. The Kier molecular flexibility index (Phi) is 3.72. The first kappa shape index (κ1) is 10.8. The average molecular weight is 210 g/mol. The van der Waals surface area contributed by atoms with Gasteiger partial charge in [-0.2, -0.15) is 0 Å². The molecule has 1 amide bonds. The number of hydrogen-bond donors (Lipinski definition) is 1. The van der Waals surface area contributed by atoms with E-state index in [4.69, 9.17) is 11.6 Å². The Hall–Kier alpha value is -1.28. The summed E-state index contributed by atoms with van der Waals surface area (Å²) in [5.41, 5.74) is 1.95. The van der Waals surface area contributed by atoms with Crippen molar-refractivity contribution in [3.05, 3.63) is 40.4 Å². The molecule has 0 aliphatic carbocycles. The fourth-order valence-electron chi connectivity index (χ4n) is 0.968. The maximum atomic E-state index is 10.9. The summed E-state index contributed by atoms with van der Waals surface area (Å²) in [7, 11) is 1.59. The quantitative estimate of drug-likeness (QED) is 0.745. The summed E-state index contributed by atoms with van der Waals surface area (Å²) in [6.07, 6.45) is 3.20. The lowest BCUT2D eigenvalue weighted by Crippen LogP contribution is -2.13. The first-order valence-corrected chi connectivity index (χ1v) is 4.67. The average Bonchev–Trinajstić information content (AvgIpc) is 2.19. The van der Waals surface area contributed by atoms with Crippen LogP contribution in [0.5, 0.6) is 0 Å². The molecule has 1 aromatic carbocycles. The van der Waals surface area contributed by atoms with Gasteiger partial charge < -0.3 is 5.32 Å². The van der Waals surface area contributed by atoms with E-state index in [1.54, 1.807) is 13.1 Å². The second-order valence-electron chi connectivity index (χ2n) is 2.96. The molecule has 0 aliphatic rings. The predicted octanol–water partition coefficient (Wildman–Crippen LogP) is 2.41. The van der Waals surface area contributed by atoms with Crippen LogP contribution < -0.4 is 5.32 Å². The lowest BCUT2D eigenvalue weighted by molar-refractivity contribution is -0.115. The molecule has 1 rings (SSSR count). The highest BCUT2D eigenvalue weighted by Crippen LogP contribution is 2.17. The maximum absolute atomic E-state index is 10.9. The number of benzene rings is 1. The highest BCUT2D eigenvalue weighted by molar-refractivity contribution is 6.31. The van der Waals surface area contributed by atoms with Gasteiger partial charge in [-0.1, -0.05) is 23.7 Å². The Morgan fingerprint density at radius 3 is 2.79 bits per heavy atom. The molecule has 3 heteroatoms. The summed E-state index contributed by atoms with van der Waals surface area (Å²) in [5, 5.41) is 3.21. The van der Waals surface area contributed by atoms with Crippen LogP contribution in [0.25, 0.3) is 6.08 Å². The Bertz CT molecular complexity index is 372. The summed E-state index contributed by atoms with van der Waals surface area (Å²) in [6.45, 7) is 1.94. The van der Waals surface area contributed by atoms with Gasteiger partial charge in [0.15, 0.2) is 0 Å². The largest absolute Gasteiger partial charge is 0.356 e. The van der Waals surface area contributed by atoms with Gasteiger partial charge in [0.25, 0.3) is 0 Å². The van der Waals surface area contributed by atoms with Gasteiger partial charge in [-0.15, -0.1) is 0 Å². The number of hydrogen-bond acceptors (Lipinski definition) is 1. The number of nitrogens with one attached hydrogen (secondary N) is 1. The molecule has 2 nitrogen and oxygen atoms in total. The summed E-state index contributed by atoms with van der Waals surface area (Å²) in [4.78, 5) is 10.9. The smallest absolute Gasteiger partial charge is 0.243 e. The minimum Gasteiger partial charge on any atom is -0.356 e. The topological polar surface area (TPSA) is 29.1 Å². The van der Waals surface area contributed by atoms with Gasteiger partial charge in [0.05, 0.1) is 0 Å². The fraction of sp³-hybridized carbons (Fsp3) is 0.182. The Balaban J connectivity index is 2.83. The molecule has 0 saturated heterocycles. The molecule has 0 fully saturated rings. The second-order valence-corrected chi connectivity index (χ2v) is 3.36. The van der Waals surface area contributed by atoms with E-state index >= 15 is 0 Å². The van der Waals surface area contributed by atoms with Crippen LogP contribution in [0, 0.1) is 6.92 Å². The standard InChI is InChI=1S/C11H12ClNO/c1-8-3-4-9(7-10(8)12)5-6-11(14)13-2/h3-7H,1-2H3,(H,13,14)/b6-5+. The summed E-state index contributed by atoms with van der Waals surface area (Å²) < 4.78 is 0. The number of halogens is 1. The minimum atomic E-state index is -0.123. The van der Waals surface area contributed by atoms with Crippen molar-refractivity contribution in [3.8, 4) is 0 Å². The van der Waals surface area contributed by atoms with Crippen molar-refractivity contribution >= 4 is 23.6 Å². The van der Waals surface area contributed by atoms with E-state index < -0.39 is 0 Å². The van der Waals surface area contributed by atoms with Crippen molar-refractivity contribution < 1.29 is 4.79 Å². The summed E-state index contributed by atoms with van der Waals surface area (Å²) >= 11 is 5.93. The van der Waals surface area contributed by atoms with Gasteiger partial charge in [-0.3, -0.25) is 4.79 Å². The van der Waals surface area contributed by atoms with Crippen LogP contribution in [0.4, 0.5) is 0 Å². The van der Waals surface area contributed by atoms with Crippen LogP contribution in [0.2, 0.25) is 5.02 Å². The molecular weight excluding hydrogens is 198 g/mol. The van der Waals surface area contributed by atoms with Crippen molar-refractivity contribution in [2.24, 2.45) is 0 Å². The highest BCUT2D eigenvalue weighted by Gasteiger charge is 1.95. The van der Waals surface area contributed by atoms with Crippen molar-refractivity contribution in [3.63, 3.8) is 0 Å². The lowest BCUT2D eigenvalue weighted by Gasteiger charge is -1.98. The van der Waals surface area contributed by atoms with E-state index in [0.717, 1.165) is 11.1 Å². The number of rotatable bonds is 2. The van der Waals surface area contributed by atoms with Gasteiger partial charge in [0, 0.05) is 18.1 Å². The molecule has 0 saturated carbocycles. The van der Waals surface area contributed by atoms with E-state index in [-0.39, 0.29) is 5.91 Å². The van der Waals surface area contributed by atoms with Crippen LogP contribution in [-0.2, 0) is 4.79 Å². The van der Waals surface area contributed by atoms with E-state index in [2.05, 4.69) is 5.32 Å². The van der Waals surface area contributed by atoms with Crippen molar-refractivity contribution in [1.82, 2.24) is 5.32 Å². The Labute approximate surface area is 88.6 Å². The molecule has 0 unspecified atom stereocenters. The van der Waals surface area contributed by atoms with Crippen LogP contribution in [0.15, 0.2) is 24.3 Å². The Morgan fingerprint density at radius 2 is 2.21 bits per heavy atom. The van der Waals surface area contributed by atoms with Crippen LogP contribution in [0.3, 0.4) is 0 Å². The zero-order valence-corrected chi connectivity index (χ0v) is 8.93. The molecule has 0 bridgehead atoms. The molecule has 0 radical (unpaired) electrons. The molecule has 14 heavy (non-hydrogen) atoms. The van der Waals surface area contributed by atoms with Crippen LogP contribution in [0.1, 0.15) is 11.1 Å². The van der Waals surface area contributed by atoms with Gasteiger partial charge >= 0.3 is 0 Å². The van der Waals surface area contributed by atoms with E-state index in [1.165, 1.54) is 6.08 Å². The van der Waals surface area contributed by atoms with Crippen LogP contribution >= 0.6 is 11.6 Å². The molecule has 0 aromatic heterocycles. The highest BCUT2D eigenvalue weighted by atomic mass is 35.5. The first-order valence-electron chi connectivity index (χ1n) is 4.29. The molecule has 0 heterocycles. The second kappa shape index (κ2) is 4.82. The Morgan fingerprint density at radius 1 is 1.50 bits per heavy atom. The molecule has 74 valence electrons. The number of amides is 1. The SMILES string of the molecule is CNC(=O)/C=C/c1ccc(C)c(Cl)c1. The predicted molar refractivity (Wildman–Crippen MR) is 59.3 cm³/mol. The third kappa shape index (κ3) is 2.89. The lowest BCUT2D eigenvalue weighted by atomic mass is 10.1. The first-order chi connectivity index (χ1) is 6.63.